The molecule has 5 heteroatoms. The molecule has 3 heterocycles. The maximum Gasteiger partial charge on any atom is 0.165 e. The molecule has 3 aromatic heterocycles. The molecule has 4 rings (SSSR count). The minimum Gasteiger partial charge on any atom is -0.233 e. The van der Waals surface area contributed by atoms with Gasteiger partial charge in [0.15, 0.2) is 5.65 Å². The Hall–Kier alpha value is -1.39. The summed E-state index contributed by atoms with van der Waals surface area (Å²) in [7, 11) is 0. The van der Waals surface area contributed by atoms with Crippen LogP contribution < -0.4 is 0 Å². The predicted molar refractivity (Wildman–Crippen MR) is 91.9 cm³/mol. The van der Waals surface area contributed by atoms with Gasteiger partial charge >= 0.3 is 0 Å². The molecule has 0 aromatic carbocycles. The van der Waals surface area contributed by atoms with Gasteiger partial charge in [0.1, 0.15) is 5.15 Å². The summed E-state index contributed by atoms with van der Waals surface area (Å²) in [6, 6.07) is 4.15. The second-order valence-corrected chi connectivity index (χ2v) is 7.31. The van der Waals surface area contributed by atoms with E-state index in [-0.39, 0.29) is 0 Å². The van der Waals surface area contributed by atoms with Crippen molar-refractivity contribution in [3.8, 4) is 10.4 Å². The Morgan fingerprint density at radius 1 is 1.27 bits per heavy atom. The van der Waals surface area contributed by atoms with Crippen LogP contribution in [0.5, 0.6) is 0 Å². The SMILES string of the molecule is Cc1nc2c(-c3cccs3)cnn2c(Cl)c1C1CCCCC1. The normalized spacial score (nSPS) is 16.5. The zero-order valence-corrected chi connectivity index (χ0v) is 14.1. The number of nitrogens with zero attached hydrogens (tertiary/aromatic N) is 3. The standard InChI is InChI=1S/C17H18ClN3S/c1-11-15(12-6-3-2-4-7-12)16(18)21-17(20-11)13(10-19-21)14-8-5-9-22-14/h5,8-10,12H,2-4,6-7H2,1H3. The van der Waals surface area contributed by atoms with E-state index in [9.17, 15) is 0 Å². The van der Waals surface area contributed by atoms with Crippen molar-refractivity contribution >= 4 is 28.6 Å². The summed E-state index contributed by atoms with van der Waals surface area (Å²) in [6.07, 6.45) is 8.23. The molecule has 1 aliphatic carbocycles. The maximum absolute atomic E-state index is 6.72. The van der Waals surface area contributed by atoms with Crippen LogP contribution in [0.3, 0.4) is 0 Å². The van der Waals surface area contributed by atoms with Gasteiger partial charge in [-0.15, -0.1) is 11.3 Å². The summed E-state index contributed by atoms with van der Waals surface area (Å²) in [4.78, 5) is 6.03. The Balaban J connectivity index is 1.88. The average Bonchev–Trinajstić information content (AvgIpc) is 3.17. The van der Waals surface area contributed by atoms with Crippen molar-refractivity contribution in [1.82, 2.24) is 14.6 Å². The molecule has 1 saturated carbocycles. The van der Waals surface area contributed by atoms with E-state index in [1.54, 1.807) is 11.3 Å². The molecule has 3 nitrogen and oxygen atoms in total. The number of halogens is 1. The summed E-state index contributed by atoms with van der Waals surface area (Å²) >= 11 is 8.42. The van der Waals surface area contributed by atoms with E-state index in [4.69, 9.17) is 16.6 Å². The van der Waals surface area contributed by atoms with Crippen LogP contribution in [0, 0.1) is 6.92 Å². The molecule has 114 valence electrons. The summed E-state index contributed by atoms with van der Waals surface area (Å²) in [5.41, 5.74) is 4.19. The van der Waals surface area contributed by atoms with Crippen LogP contribution in [-0.2, 0) is 0 Å². The maximum atomic E-state index is 6.72. The summed E-state index contributed by atoms with van der Waals surface area (Å²) in [6.45, 7) is 2.08. The minimum atomic E-state index is 0.535. The molecule has 0 unspecified atom stereocenters. The topological polar surface area (TPSA) is 30.2 Å². The molecule has 3 aromatic rings. The lowest BCUT2D eigenvalue weighted by Gasteiger charge is -2.24. The first-order valence-electron chi connectivity index (χ1n) is 7.83. The second kappa shape index (κ2) is 5.67. The van der Waals surface area contributed by atoms with Crippen molar-refractivity contribution in [2.24, 2.45) is 0 Å². The van der Waals surface area contributed by atoms with Crippen LogP contribution in [0.4, 0.5) is 0 Å². The van der Waals surface area contributed by atoms with E-state index in [0.717, 1.165) is 22.1 Å². The summed E-state index contributed by atoms with van der Waals surface area (Å²) < 4.78 is 1.81. The predicted octanol–water partition coefficient (Wildman–Crippen LogP) is 5.47. The lowest BCUT2D eigenvalue weighted by Crippen LogP contribution is -2.11. The van der Waals surface area contributed by atoms with Crippen LogP contribution in [0.1, 0.15) is 49.3 Å². The van der Waals surface area contributed by atoms with Gasteiger partial charge in [-0.25, -0.2) is 9.50 Å². The first-order chi connectivity index (χ1) is 10.8. The average molecular weight is 332 g/mol. The molecule has 0 saturated heterocycles. The van der Waals surface area contributed by atoms with Crippen molar-refractivity contribution in [3.63, 3.8) is 0 Å². The van der Waals surface area contributed by atoms with Gasteiger partial charge in [-0.2, -0.15) is 5.10 Å². The molecule has 0 atom stereocenters. The highest BCUT2D eigenvalue weighted by Gasteiger charge is 2.24. The molecular weight excluding hydrogens is 314 g/mol. The fourth-order valence-electron chi connectivity index (χ4n) is 3.54. The van der Waals surface area contributed by atoms with Gasteiger partial charge in [0.25, 0.3) is 0 Å². The van der Waals surface area contributed by atoms with Gasteiger partial charge in [-0.05, 0) is 37.1 Å². The highest BCUT2D eigenvalue weighted by Crippen LogP contribution is 2.39. The third-order valence-corrected chi connectivity index (χ3v) is 5.88. The number of aryl methyl sites for hydroxylation is 1. The Morgan fingerprint density at radius 3 is 2.82 bits per heavy atom. The van der Waals surface area contributed by atoms with E-state index in [2.05, 4.69) is 23.5 Å². The van der Waals surface area contributed by atoms with Crippen molar-refractivity contribution in [1.29, 1.82) is 0 Å². The number of fused-ring (bicyclic) bond motifs is 1. The molecule has 1 fully saturated rings. The van der Waals surface area contributed by atoms with Crippen molar-refractivity contribution in [3.05, 3.63) is 40.1 Å². The molecule has 0 aliphatic heterocycles. The van der Waals surface area contributed by atoms with Crippen LogP contribution in [0.15, 0.2) is 23.7 Å². The monoisotopic (exact) mass is 331 g/mol. The Kier molecular flexibility index (Phi) is 3.66. The molecule has 0 radical (unpaired) electrons. The minimum absolute atomic E-state index is 0.535. The van der Waals surface area contributed by atoms with Crippen molar-refractivity contribution in [2.45, 2.75) is 44.9 Å². The van der Waals surface area contributed by atoms with Gasteiger partial charge in [0.05, 0.1) is 11.8 Å². The number of aromatic nitrogens is 3. The smallest absolute Gasteiger partial charge is 0.165 e. The van der Waals surface area contributed by atoms with E-state index < -0.39 is 0 Å². The van der Waals surface area contributed by atoms with Crippen LogP contribution in [0.2, 0.25) is 5.15 Å². The zero-order valence-electron chi connectivity index (χ0n) is 12.6. The molecule has 22 heavy (non-hydrogen) atoms. The van der Waals surface area contributed by atoms with Crippen LogP contribution >= 0.6 is 22.9 Å². The van der Waals surface area contributed by atoms with Crippen molar-refractivity contribution < 1.29 is 0 Å². The largest absolute Gasteiger partial charge is 0.233 e. The number of thiophene rings is 1. The zero-order chi connectivity index (χ0) is 15.1. The highest BCUT2D eigenvalue weighted by molar-refractivity contribution is 7.13. The lowest BCUT2D eigenvalue weighted by molar-refractivity contribution is 0.440. The number of hydrogen-bond donors (Lipinski definition) is 0. The van der Waals surface area contributed by atoms with E-state index >= 15 is 0 Å². The summed E-state index contributed by atoms with van der Waals surface area (Å²) in [5, 5.41) is 7.32. The van der Waals surface area contributed by atoms with E-state index in [1.165, 1.54) is 42.5 Å². The molecule has 0 amide bonds. The van der Waals surface area contributed by atoms with Gasteiger partial charge in [0, 0.05) is 16.1 Å². The Morgan fingerprint density at radius 2 is 2.09 bits per heavy atom. The Bertz CT molecular complexity index is 801. The first-order valence-corrected chi connectivity index (χ1v) is 9.09. The first kappa shape index (κ1) is 14.2. The molecule has 0 N–H and O–H groups in total. The number of rotatable bonds is 2. The fourth-order valence-corrected chi connectivity index (χ4v) is 4.68. The van der Waals surface area contributed by atoms with Crippen LogP contribution in [0.25, 0.3) is 16.1 Å². The fraction of sp³-hybridized carbons (Fsp3) is 0.412. The van der Waals surface area contributed by atoms with Gasteiger partial charge in [0.2, 0.25) is 0 Å². The highest BCUT2D eigenvalue weighted by atomic mass is 35.5. The number of hydrogen-bond acceptors (Lipinski definition) is 3. The quantitative estimate of drug-likeness (QED) is 0.583. The van der Waals surface area contributed by atoms with E-state index in [1.807, 2.05) is 16.8 Å². The lowest BCUT2D eigenvalue weighted by atomic mass is 9.84. The third-order valence-electron chi connectivity index (χ3n) is 4.62. The second-order valence-electron chi connectivity index (χ2n) is 6.01. The molecular formula is C17H18ClN3S. The molecule has 1 aliphatic rings. The summed E-state index contributed by atoms with van der Waals surface area (Å²) in [5.74, 6) is 0.535. The Labute approximate surface area is 139 Å². The van der Waals surface area contributed by atoms with Crippen molar-refractivity contribution in [2.75, 3.05) is 0 Å². The molecule has 0 spiro atoms. The van der Waals surface area contributed by atoms with E-state index in [0.29, 0.717) is 5.92 Å². The third kappa shape index (κ3) is 2.25. The van der Waals surface area contributed by atoms with Gasteiger partial charge < -0.3 is 0 Å². The molecule has 0 bridgehead atoms. The van der Waals surface area contributed by atoms with Gasteiger partial charge in [-0.1, -0.05) is 36.9 Å². The van der Waals surface area contributed by atoms with Crippen LogP contribution in [-0.4, -0.2) is 14.6 Å². The van der Waals surface area contributed by atoms with Gasteiger partial charge in [-0.3, -0.25) is 0 Å².